The van der Waals surface area contributed by atoms with E-state index < -0.39 is 36.4 Å². The van der Waals surface area contributed by atoms with Gasteiger partial charge in [0.2, 0.25) is 11.8 Å². The standard InChI is InChI=1S/C6H7F3N2O2/c7-6(8,9)2-1-11-5(13)3(2)4(10)12/h2-3H,1H2,(H2,10,12)(H,11,13). The molecule has 1 heterocycles. The van der Waals surface area contributed by atoms with Gasteiger partial charge in [-0.3, -0.25) is 9.59 Å². The quantitative estimate of drug-likeness (QED) is 0.549. The summed E-state index contributed by atoms with van der Waals surface area (Å²) in [6.07, 6.45) is -4.57. The van der Waals surface area contributed by atoms with Crippen molar-refractivity contribution in [3.05, 3.63) is 0 Å². The first-order chi connectivity index (χ1) is 5.84. The molecule has 0 aliphatic carbocycles. The van der Waals surface area contributed by atoms with E-state index in [4.69, 9.17) is 0 Å². The Balaban J connectivity index is 2.88. The van der Waals surface area contributed by atoms with E-state index in [0.717, 1.165) is 0 Å². The Morgan fingerprint density at radius 3 is 2.38 bits per heavy atom. The van der Waals surface area contributed by atoms with Gasteiger partial charge < -0.3 is 11.1 Å². The molecular formula is C6H7F3N2O2. The van der Waals surface area contributed by atoms with Gasteiger partial charge in [0.25, 0.3) is 0 Å². The van der Waals surface area contributed by atoms with Crippen molar-refractivity contribution < 1.29 is 22.8 Å². The first kappa shape index (κ1) is 9.82. The Labute approximate surface area is 71.3 Å². The monoisotopic (exact) mass is 196 g/mol. The van der Waals surface area contributed by atoms with Crippen LogP contribution < -0.4 is 11.1 Å². The summed E-state index contributed by atoms with van der Waals surface area (Å²) in [5.41, 5.74) is 4.68. The van der Waals surface area contributed by atoms with E-state index in [-0.39, 0.29) is 0 Å². The summed E-state index contributed by atoms with van der Waals surface area (Å²) in [5.74, 6) is -5.95. The fourth-order valence-electron chi connectivity index (χ4n) is 1.25. The lowest BCUT2D eigenvalue weighted by atomic mass is 9.94. The van der Waals surface area contributed by atoms with Crippen molar-refractivity contribution in [3.8, 4) is 0 Å². The molecule has 0 saturated carbocycles. The molecule has 0 bridgehead atoms. The highest BCUT2D eigenvalue weighted by Gasteiger charge is 2.53. The largest absolute Gasteiger partial charge is 0.394 e. The van der Waals surface area contributed by atoms with Crippen LogP contribution in [0.1, 0.15) is 0 Å². The minimum absolute atomic E-state index is 0.573. The summed E-state index contributed by atoms with van der Waals surface area (Å²) in [6, 6.07) is 0. The number of nitrogens with two attached hydrogens (primary N) is 1. The zero-order chi connectivity index (χ0) is 10.2. The molecule has 1 aliphatic rings. The normalized spacial score (nSPS) is 28.7. The lowest BCUT2D eigenvalue weighted by Crippen LogP contribution is -2.38. The third-order valence-electron chi connectivity index (χ3n) is 1.91. The van der Waals surface area contributed by atoms with Gasteiger partial charge in [0, 0.05) is 6.54 Å². The molecular weight excluding hydrogens is 189 g/mol. The topological polar surface area (TPSA) is 72.2 Å². The van der Waals surface area contributed by atoms with E-state index >= 15 is 0 Å². The molecule has 13 heavy (non-hydrogen) atoms. The number of nitrogens with one attached hydrogen (secondary N) is 1. The molecule has 2 atom stereocenters. The van der Waals surface area contributed by atoms with E-state index in [1.165, 1.54) is 0 Å². The maximum atomic E-state index is 12.1. The van der Waals surface area contributed by atoms with Gasteiger partial charge >= 0.3 is 6.18 Å². The SMILES string of the molecule is NC(=O)C1C(=O)NCC1C(F)(F)F. The van der Waals surface area contributed by atoms with Crippen molar-refractivity contribution in [2.45, 2.75) is 6.18 Å². The van der Waals surface area contributed by atoms with E-state index in [2.05, 4.69) is 5.73 Å². The number of hydrogen-bond donors (Lipinski definition) is 2. The Morgan fingerprint density at radius 2 is 2.08 bits per heavy atom. The summed E-state index contributed by atoms with van der Waals surface area (Å²) in [4.78, 5) is 21.3. The summed E-state index contributed by atoms with van der Waals surface area (Å²) < 4.78 is 36.4. The number of rotatable bonds is 1. The number of alkyl halides is 3. The average Bonchev–Trinajstić information content (AvgIpc) is 2.28. The predicted molar refractivity (Wildman–Crippen MR) is 35.2 cm³/mol. The highest BCUT2D eigenvalue weighted by atomic mass is 19.4. The number of hydrogen-bond acceptors (Lipinski definition) is 2. The number of carbonyl (C=O) groups excluding carboxylic acids is 2. The van der Waals surface area contributed by atoms with Gasteiger partial charge in [0.05, 0.1) is 5.92 Å². The Bertz CT molecular complexity index is 251. The molecule has 2 unspecified atom stereocenters. The summed E-state index contributed by atoms with van der Waals surface area (Å²) >= 11 is 0. The molecule has 0 aromatic rings. The van der Waals surface area contributed by atoms with Crippen LogP contribution in [0.15, 0.2) is 0 Å². The van der Waals surface area contributed by atoms with Gasteiger partial charge in [0.15, 0.2) is 0 Å². The van der Waals surface area contributed by atoms with Crippen LogP contribution in [-0.4, -0.2) is 24.5 Å². The molecule has 1 saturated heterocycles. The minimum Gasteiger partial charge on any atom is -0.369 e. The lowest BCUT2D eigenvalue weighted by Gasteiger charge is -2.16. The molecule has 1 aliphatic heterocycles. The van der Waals surface area contributed by atoms with Crippen molar-refractivity contribution in [3.63, 3.8) is 0 Å². The Morgan fingerprint density at radius 1 is 1.54 bits per heavy atom. The van der Waals surface area contributed by atoms with E-state index in [1.54, 1.807) is 0 Å². The molecule has 0 aromatic heterocycles. The van der Waals surface area contributed by atoms with Crippen LogP contribution in [0.2, 0.25) is 0 Å². The molecule has 1 rings (SSSR count). The third kappa shape index (κ3) is 1.73. The van der Waals surface area contributed by atoms with Gasteiger partial charge in [-0.15, -0.1) is 0 Å². The fourth-order valence-corrected chi connectivity index (χ4v) is 1.25. The number of halogens is 3. The van der Waals surface area contributed by atoms with Crippen LogP contribution in [-0.2, 0) is 9.59 Å². The molecule has 0 aromatic carbocycles. The van der Waals surface area contributed by atoms with E-state index in [0.29, 0.717) is 0 Å². The van der Waals surface area contributed by atoms with Crippen LogP contribution in [0.3, 0.4) is 0 Å². The van der Waals surface area contributed by atoms with Crippen molar-refractivity contribution in [1.29, 1.82) is 0 Å². The highest BCUT2D eigenvalue weighted by Crippen LogP contribution is 2.34. The van der Waals surface area contributed by atoms with Gasteiger partial charge in [-0.1, -0.05) is 0 Å². The number of amides is 2. The summed E-state index contributed by atoms with van der Waals surface area (Å²) in [5, 5.41) is 1.95. The zero-order valence-corrected chi connectivity index (χ0v) is 6.39. The highest BCUT2D eigenvalue weighted by molar-refractivity contribution is 6.01. The van der Waals surface area contributed by atoms with Gasteiger partial charge in [-0.05, 0) is 0 Å². The molecule has 0 spiro atoms. The fraction of sp³-hybridized carbons (Fsp3) is 0.667. The maximum Gasteiger partial charge on any atom is 0.394 e. The second-order valence-corrected chi connectivity index (χ2v) is 2.77. The molecule has 74 valence electrons. The second kappa shape index (κ2) is 2.90. The molecule has 0 radical (unpaired) electrons. The van der Waals surface area contributed by atoms with Crippen LogP contribution >= 0.6 is 0 Å². The van der Waals surface area contributed by atoms with Crippen molar-refractivity contribution in [1.82, 2.24) is 5.32 Å². The third-order valence-corrected chi connectivity index (χ3v) is 1.91. The predicted octanol–water partition coefficient (Wildman–Crippen LogP) is -0.604. The molecule has 2 amide bonds. The number of carbonyl (C=O) groups is 2. The zero-order valence-electron chi connectivity index (χ0n) is 6.39. The van der Waals surface area contributed by atoms with Crippen LogP contribution in [0.4, 0.5) is 13.2 Å². The molecule has 1 fully saturated rings. The lowest BCUT2D eigenvalue weighted by molar-refractivity contribution is -0.183. The maximum absolute atomic E-state index is 12.1. The van der Waals surface area contributed by atoms with Crippen LogP contribution in [0, 0.1) is 11.8 Å². The summed E-state index contributed by atoms with van der Waals surface area (Å²) in [6.45, 7) is -0.573. The number of primary amides is 1. The van der Waals surface area contributed by atoms with Crippen molar-refractivity contribution >= 4 is 11.8 Å². The van der Waals surface area contributed by atoms with E-state index in [9.17, 15) is 22.8 Å². The molecule has 3 N–H and O–H groups in total. The summed E-state index contributed by atoms with van der Waals surface area (Å²) in [7, 11) is 0. The van der Waals surface area contributed by atoms with Gasteiger partial charge in [0.1, 0.15) is 5.92 Å². The van der Waals surface area contributed by atoms with Crippen LogP contribution in [0.25, 0.3) is 0 Å². The first-order valence-electron chi connectivity index (χ1n) is 3.48. The first-order valence-corrected chi connectivity index (χ1v) is 3.48. The Hall–Kier alpha value is -1.27. The Kier molecular flexibility index (Phi) is 2.19. The van der Waals surface area contributed by atoms with Crippen LogP contribution in [0.5, 0.6) is 0 Å². The van der Waals surface area contributed by atoms with Crippen molar-refractivity contribution in [2.24, 2.45) is 17.6 Å². The smallest absolute Gasteiger partial charge is 0.369 e. The minimum atomic E-state index is -4.57. The second-order valence-electron chi connectivity index (χ2n) is 2.77. The average molecular weight is 196 g/mol. The molecule has 4 nitrogen and oxygen atoms in total. The van der Waals surface area contributed by atoms with E-state index in [1.807, 2.05) is 5.32 Å². The molecule has 7 heteroatoms. The van der Waals surface area contributed by atoms with Crippen molar-refractivity contribution in [2.75, 3.05) is 6.54 Å². The van der Waals surface area contributed by atoms with Gasteiger partial charge in [-0.2, -0.15) is 13.2 Å². The van der Waals surface area contributed by atoms with Gasteiger partial charge in [-0.25, -0.2) is 0 Å².